The first-order valence-corrected chi connectivity index (χ1v) is 9.33. The van der Waals surface area contributed by atoms with Gasteiger partial charge in [-0.05, 0) is 55.2 Å². The molecule has 0 spiro atoms. The maximum absolute atomic E-state index is 12.4. The standard InChI is InChI=1S/C21H25N3O/c25-21(23-14-5-1-2-6-15-23)22-18-9-11-19(12-10-18)24-16-13-17-7-3-4-8-20(17)24/h3-4,7-12H,1-2,5-6,13-16H2,(H,22,25). The third-order valence-corrected chi connectivity index (χ3v) is 5.21. The molecule has 1 fully saturated rings. The quantitative estimate of drug-likeness (QED) is 0.856. The molecule has 2 aliphatic rings. The van der Waals surface area contributed by atoms with E-state index in [4.69, 9.17) is 0 Å². The Hall–Kier alpha value is -2.49. The van der Waals surface area contributed by atoms with Crippen LogP contribution in [-0.4, -0.2) is 30.6 Å². The number of rotatable bonds is 2. The average molecular weight is 335 g/mol. The van der Waals surface area contributed by atoms with Gasteiger partial charge in [0.05, 0.1) is 0 Å². The van der Waals surface area contributed by atoms with E-state index in [1.54, 1.807) is 0 Å². The van der Waals surface area contributed by atoms with Gasteiger partial charge in [0.1, 0.15) is 0 Å². The predicted octanol–water partition coefficient (Wildman–Crippen LogP) is 4.79. The van der Waals surface area contributed by atoms with Gasteiger partial charge in [0, 0.05) is 36.7 Å². The van der Waals surface area contributed by atoms with E-state index in [1.807, 2.05) is 17.0 Å². The fourth-order valence-electron chi connectivity index (χ4n) is 3.81. The maximum Gasteiger partial charge on any atom is 0.321 e. The molecule has 2 heterocycles. The van der Waals surface area contributed by atoms with Gasteiger partial charge in [0.2, 0.25) is 0 Å². The minimum atomic E-state index is 0.0289. The summed E-state index contributed by atoms with van der Waals surface area (Å²) in [6.07, 6.45) is 5.77. The Morgan fingerprint density at radius 3 is 2.32 bits per heavy atom. The van der Waals surface area contributed by atoms with Gasteiger partial charge in [0.15, 0.2) is 0 Å². The van der Waals surface area contributed by atoms with E-state index in [1.165, 1.54) is 29.8 Å². The number of carbonyl (C=O) groups is 1. The molecule has 0 radical (unpaired) electrons. The van der Waals surface area contributed by atoms with E-state index in [0.29, 0.717) is 0 Å². The van der Waals surface area contributed by atoms with E-state index in [0.717, 1.165) is 44.6 Å². The Kier molecular flexibility index (Phi) is 4.59. The Balaban J connectivity index is 1.43. The van der Waals surface area contributed by atoms with Gasteiger partial charge < -0.3 is 15.1 Å². The first-order valence-electron chi connectivity index (χ1n) is 9.33. The van der Waals surface area contributed by atoms with Crippen LogP contribution in [0.3, 0.4) is 0 Å². The van der Waals surface area contributed by atoms with Crippen molar-refractivity contribution in [3.05, 3.63) is 54.1 Å². The maximum atomic E-state index is 12.4. The second kappa shape index (κ2) is 7.18. The van der Waals surface area contributed by atoms with Gasteiger partial charge in [-0.1, -0.05) is 31.0 Å². The summed E-state index contributed by atoms with van der Waals surface area (Å²) in [5.74, 6) is 0. The molecule has 0 saturated carbocycles. The van der Waals surface area contributed by atoms with Crippen LogP contribution in [0.2, 0.25) is 0 Å². The second-order valence-electron chi connectivity index (χ2n) is 6.91. The smallest absolute Gasteiger partial charge is 0.321 e. The molecule has 0 aromatic heterocycles. The summed E-state index contributed by atoms with van der Waals surface area (Å²) in [6.45, 7) is 2.75. The lowest BCUT2D eigenvalue weighted by molar-refractivity contribution is 0.214. The van der Waals surface area contributed by atoms with E-state index in [9.17, 15) is 4.79 Å². The number of anilines is 3. The third-order valence-electron chi connectivity index (χ3n) is 5.21. The van der Waals surface area contributed by atoms with Crippen molar-refractivity contribution in [2.45, 2.75) is 32.1 Å². The molecule has 1 N–H and O–H groups in total. The van der Waals surface area contributed by atoms with Crippen molar-refractivity contribution < 1.29 is 4.79 Å². The fourth-order valence-corrected chi connectivity index (χ4v) is 3.81. The number of benzene rings is 2. The monoisotopic (exact) mass is 335 g/mol. The summed E-state index contributed by atoms with van der Waals surface area (Å²) in [5, 5.41) is 3.04. The summed E-state index contributed by atoms with van der Waals surface area (Å²) in [5.41, 5.74) is 4.74. The molecular weight excluding hydrogens is 310 g/mol. The number of nitrogens with one attached hydrogen (secondary N) is 1. The topological polar surface area (TPSA) is 35.6 Å². The van der Waals surface area contributed by atoms with Crippen molar-refractivity contribution in [2.24, 2.45) is 0 Å². The van der Waals surface area contributed by atoms with Crippen LogP contribution < -0.4 is 10.2 Å². The van der Waals surface area contributed by atoms with Crippen LogP contribution in [0.1, 0.15) is 31.2 Å². The molecule has 0 bridgehead atoms. The zero-order chi connectivity index (χ0) is 17.1. The number of urea groups is 1. The molecule has 2 aliphatic heterocycles. The highest BCUT2D eigenvalue weighted by Crippen LogP contribution is 2.34. The van der Waals surface area contributed by atoms with Gasteiger partial charge in [-0.15, -0.1) is 0 Å². The van der Waals surface area contributed by atoms with E-state index < -0.39 is 0 Å². The molecule has 0 unspecified atom stereocenters. The largest absolute Gasteiger partial charge is 0.341 e. The van der Waals surface area contributed by atoms with Crippen molar-refractivity contribution in [1.29, 1.82) is 0 Å². The van der Waals surface area contributed by atoms with Crippen LogP contribution in [0.15, 0.2) is 48.5 Å². The molecule has 1 saturated heterocycles. The summed E-state index contributed by atoms with van der Waals surface area (Å²) in [7, 11) is 0. The molecule has 0 atom stereocenters. The summed E-state index contributed by atoms with van der Waals surface area (Å²) < 4.78 is 0. The highest BCUT2D eigenvalue weighted by Gasteiger charge is 2.20. The van der Waals surface area contributed by atoms with Crippen LogP contribution in [0.25, 0.3) is 0 Å². The highest BCUT2D eigenvalue weighted by atomic mass is 16.2. The Morgan fingerprint density at radius 1 is 0.840 bits per heavy atom. The third kappa shape index (κ3) is 3.48. The van der Waals surface area contributed by atoms with E-state index >= 15 is 0 Å². The lowest BCUT2D eigenvalue weighted by Crippen LogP contribution is -2.35. The van der Waals surface area contributed by atoms with Crippen molar-refractivity contribution in [3.8, 4) is 0 Å². The molecular formula is C21H25N3O. The number of fused-ring (bicyclic) bond motifs is 1. The number of hydrogen-bond donors (Lipinski definition) is 1. The molecule has 4 heteroatoms. The first kappa shape index (κ1) is 16.0. The number of hydrogen-bond acceptors (Lipinski definition) is 2. The molecule has 4 rings (SSSR count). The molecule has 2 aromatic rings. The first-order chi connectivity index (χ1) is 12.3. The normalized spacial score (nSPS) is 17.1. The highest BCUT2D eigenvalue weighted by molar-refractivity contribution is 5.89. The Labute approximate surface area is 149 Å². The van der Waals surface area contributed by atoms with E-state index in [2.05, 4.69) is 46.6 Å². The van der Waals surface area contributed by atoms with E-state index in [-0.39, 0.29) is 6.03 Å². The molecule has 2 aromatic carbocycles. The summed E-state index contributed by atoms with van der Waals surface area (Å²) >= 11 is 0. The lowest BCUT2D eigenvalue weighted by Gasteiger charge is -2.22. The van der Waals surface area contributed by atoms with Crippen LogP contribution in [0.5, 0.6) is 0 Å². The van der Waals surface area contributed by atoms with Crippen LogP contribution in [0, 0.1) is 0 Å². The van der Waals surface area contributed by atoms with Crippen LogP contribution in [0.4, 0.5) is 21.9 Å². The summed E-state index contributed by atoms with van der Waals surface area (Å²) in [6, 6.07) is 16.8. The van der Waals surface area contributed by atoms with Crippen LogP contribution >= 0.6 is 0 Å². The van der Waals surface area contributed by atoms with Crippen molar-refractivity contribution >= 4 is 23.1 Å². The zero-order valence-corrected chi connectivity index (χ0v) is 14.6. The lowest BCUT2D eigenvalue weighted by atomic mass is 10.2. The SMILES string of the molecule is O=C(Nc1ccc(N2CCc3ccccc32)cc1)N1CCCCCC1. The van der Waals surface area contributed by atoms with Gasteiger partial charge in [-0.3, -0.25) is 0 Å². The molecule has 130 valence electrons. The number of amides is 2. The molecule has 0 aliphatic carbocycles. The fraction of sp³-hybridized carbons (Fsp3) is 0.381. The summed E-state index contributed by atoms with van der Waals surface area (Å²) in [4.78, 5) is 16.7. The average Bonchev–Trinajstić information content (AvgIpc) is 2.88. The number of para-hydroxylation sites is 1. The van der Waals surface area contributed by atoms with Crippen molar-refractivity contribution in [2.75, 3.05) is 29.9 Å². The number of carbonyl (C=O) groups excluding carboxylic acids is 1. The molecule has 25 heavy (non-hydrogen) atoms. The van der Waals surface area contributed by atoms with Crippen molar-refractivity contribution in [1.82, 2.24) is 4.90 Å². The van der Waals surface area contributed by atoms with Crippen molar-refractivity contribution in [3.63, 3.8) is 0 Å². The predicted molar refractivity (Wildman–Crippen MR) is 103 cm³/mol. The Bertz CT molecular complexity index is 733. The van der Waals surface area contributed by atoms with Crippen LogP contribution in [-0.2, 0) is 6.42 Å². The van der Waals surface area contributed by atoms with Gasteiger partial charge in [-0.25, -0.2) is 4.79 Å². The van der Waals surface area contributed by atoms with Gasteiger partial charge in [0.25, 0.3) is 0 Å². The van der Waals surface area contributed by atoms with Gasteiger partial charge >= 0.3 is 6.03 Å². The minimum Gasteiger partial charge on any atom is -0.341 e. The zero-order valence-electron chi connectivity index (χ0n) is 14.6. The Morgan fingerprint density at radius 2 is 1.56 bits per heavy atom. The second-order valence-corrected chi connectivity index (χ2v) is 6.91. The number of likely N-dealkylation sites (tertiary alicyclic amines) is 1. The molecule has 4 nitrogen and oxygen atoms in total. The molecule has 2 amide bonds. The minimum absolute atomic E-state index is 0.0289. The number of nitrogens with zero attached hydrogens (tertiary/aromatic N) is 2. The van der Waals surface area contributed by atoms with Gasteiger partial charge in [-0.2, -0.15) is 0 Å².